The van der Waals surface area contributed by atoms with Gasteiger partial charge in [-0.05, 0) is 0 Å². The molecule has 0 aliphatic rings. The smallest absolute Gasteiger partial charge is 0.276 e. The third-order valence-electron chi connectivity index (χ3n) is 1.66. The second-order valence-electron chi connectivity index (χ2n) is 2.72. The highest BCUT2D eigenvalue weighted by Gasteiger charge is 2.20. The fourth-order valence-corrected chi connectivity index (χ4v) is 1.23. The maximum absolute atomic E-state index is 12.1. The van der Waals surface area contributed by atoms with Crippen LogP contribution in [0.3, 0.4) is 0 Å². The number of rotatable bonds is 5. The summed E-state index contributed by atoms with van der Waals surface area (Å²) in [4.78, 5) is 12.5. The molecule has 4 nitrogen and oxygen atoms in total. The first-order chi connectivity index (χ1) is 7.15. The zero-order valence-electron chi connectivity index (χ0n) is 7.70. The Labute approximate surface area is 89.8 Å². The van der Waals surface area contributed by atoms with Crippen molar-refractivity contribution in [3.63, 3.8) is 0 Å². The molecule has 0 aliphatic carbocycles. The van der Waals surface area contributed by atoms with Gasteiger partial charge in [0, 0.05) is 18.5 Å². The van der Waals surface area contributed by atoms with Gasteiger partial charge in [0.05, 0.1) is 6.54 Å². The van der Waals surface area contributed by atoms with Crippen LogP contribution in [0.15, 0.2) is 16.9 Å². The van der Waals surface area contributed by atoms with Gasteiger partial charge in [-0.15, -0.1) is 11.6 Å². The third-order valence-corrected chi connectivity index (χ3v) is 1.83. The van der Waals surface area contributed by atoms with E-state index >= 15 is 0 Å². The van der Waals surface area contributed by atoms with Gasteiger partial charge in [0.25, 0.3) is 12.3 Å². The number of halogens is 3. The van der Waals surface area contributed by atoms with Gasteiger partial charge in [0.15, 0.2) is 5.69 Å². The molecule has 1 aromatic heterocycles. The van der Waals surface area contributed by atoms with E-state index in [1.54, 1.807) is 0 Å². The first kappa shape index (κ1) is 11.9. The Hall–Kier alpha value is -1.17. The zero-order chi connectivity index (χ0) is 11.3. The minimum absolute atomic E-state index is 0.000710. The number of amides is 1. The molecule has 1 amide bonds. The molecule has 0 aliphatic heterocycles. The van der Waals surface area contributed by atoms with Gasteiger partial charge in [-0.1, -0.05) is 5.16 Å². The van der Waals surface area contributed by atoms with Gasteiger partial charge in [-0.25, -0.2) is 8.78 Å². The molecular weight excluding hydrogens is 230 g/mol. The highest BCUT2D eigenvalue weighted by molar-refractivity contribution is 6.18. The number of hydrogen-bond acceptors (Lipinski definition) is 3. The molecule has 0 atom stereocenters. The van der Waals surface area contributed by atoms with Gasteiger partial charge in [0.2, 0.25) is 0 Å². The standard InChI is InChI=1S/C8H9ClF2N2O2/c9-2-3-13(5-7(10)11)8(14)6-1-4-15-12-6/h1,4,7H,2-3,5H2. The molecule has 0 saturated heterocycles. The first-order valence-corrected chi connectivity index (χ1v) is 4.72. The Kier molecular flexibility index (Phi) is 4.48. The zero-order valence-corrected chi connectivity index (χ0v) is 8.45. The summed E-state index contributed by atoms with van der Waals surface area (Å²) in [5, 5.41) is 3.37. The van der Waals surface area contributed by atoms with Crippen LogP contribution in [0.4, 0.5) is 8.78 Å². The molecule has 0 unspecified atom stereocenters. The van der Waals surface area contributed by atoms with Crippen molar-refractivity contribution in [1.82, 2.24) is 10.1 Å². The van der Waals surface area contributed by atoms with Crippen molar-refractivity contribution in [2.75, 3.05) is 19.0 Å². The maximum Gasteiger partial charge on any atom is 0.276 e. The minimum Gasteiger partial charge on any atom is -0.364 e. The van der Waals surface area contributed by atoms with Crippen LogP contribution in [-0.4, -0.2) is 41.4 Å². The van der Waals surface area contributed by atoms with E-state index in [0.29, 0.717) is 0 Å². The average Bonchev–Trinajstić information content (AvgIpc) is 2.68. The number of hydrogen-bond donors (Lipinski definition) is 0. The van der Waals surface area contributed by atoms with E-state index in [2.05, 4.69) is 9.68 Å². The van der Waals surface area contributed by atoms with Crippen molar-refractivity contribution in [3.05, 3.63) is 18.0 Å². The Morgan fingerprint density at radius 1 is 1.67 bits per heavy atom. The van der Waals surface area contributed by atoms with Crippen LogP contribution < -0.4 is 0 Å². The second kappa shape index (κ2) is 5.65. The molecule has 1 rings (SSSR count). The lowest BCUT2D eigenvalue weighted by molar-refractivity contribution is 0.0562. The minimum atomic E-state index is -2.59. The van der Waals surface area contributed by atoms with Gasteiger partial charge >= 0.3 is 0 Å². The van der Waals surface area contributed by atoms with Gasteiger partial charge in [-0.2, -0.15) is 0 Å². The molecule has 15 heavy (non-hydrogen) atoms. The van der Waals surface area contributed by atoms with Crippen LogP contribution in [0.5, 0.6) is 0 Å². The van der Waals surface area contributed by atoms with Gasteiger partial charge in [-0.3, -0.25) is 4.79 Å². The molecule has 1 aromatic rings. The molecule has 0 N–H and O–H groups in total. The van der Waals surface area contributed by atoms with E-state index in [1.807, 2.05) is 0 Å². The number of carbonyl (C=O) groups is 1. The molecule has 0 bridgehead atoms. The van der Waals surface area contributed by atoms with E-state index in [4.69, 9.17) is 11.6 Å². The predicted octanol–water partition coefficient (Wildman–Crippen LogP) is 1.62. The number of nitrogens with zero attached hydrogens (tertiary/aromatic N) is 2. The summed E-state index contributed by atoms with van der Waals surface area (Å²) < 4.78 is 28.7. The van der Waals surface area contributed by atoms with Crippen molar-refractivity contribution in [3.8, 4) is 0 Å². The van der Waals surface area contributed by atoms with E-state index < -0.39 is 18.9 Å². The molecule has 0 aromatic carbocycles. The monoisotopic (exact) mass is 238 g/mol. The van der Waals surface area contributed by atoms with Crippen LogP contribution in [-0.2, 0) is 0 Å². The Balaban J connectivity index is 2.67. The molecule has 7 heteroatoms. The Morgan fingerprint density at radius 2 is 2.40 bits per heavy atom. The number of aromatic nitrogens is 1. The van der Waals surface area contributed by atoms with Crippen molar-refractivity contribution in [2.45, 2.75) is 6.43 Å². The lowest BCUT2D eigenvalue weighted by Crippen LogP contribution is -2.36. The highest BCUT2D eigenvalue weighted by Crippen LogP contribution is 2.05. The summed E-state index contributed by atoms with van der Waals surface area (Å²) in [6.07, 6.45) is -1.39. The normalized spacial score (nSPS) is 10.7. The summed E-state index contributed by atoms with van der Waals surface area (Å²) >= 11 is 5.40. The molecule has 1 heterocycles. The lowest BCUT2D eigenvalue weighted by atomic mass is 10.3. The Morgan fingerprint density at radius 3 is 2.87 bits per heavy atom. The van der Waals surface area contributed by atoms with Crippen molar-refractivity contribution in [2.24, 2.45) is 0 Å². The van der Waals surface area contributed by atoms with Crippen LogP contribution in [0.2, 0.25) is 0 Å². The molecule has 0 fully saturated rings. The van der Waals surface area contributed by atoms with Crippen molar-refractivity contribution >= 4 is 17.5 Å². The lowest BCUT2D eigenvalue weighted by Gasteiger charge is -2.19. The quantitative estimate of drug-likeness (QED) is 0.733. The summed E-state index contributed by atoms with van der Waals surface area (Å²) in [7, 11) is 0. The topological polar surface area (TPSA) is 46.3 Å². The molecule has 0 saturated carbocycles. The summed E-state index contributed by atoms with van der Waals surface area (Å²) in [5.41, 5.74) is 0.000710. The molecule has 0 spiro atoms. The van der Waals surface area contributed by atoms with E-state index in [9.17, 15) is 13.6 Å². The van der Waals surface area contributed by atoms with Crippen LogP contribution in [0.1, 0.15) is 10.5 Å². The summed E-state index contributed by atoms with van der Waals surface area (Å²) in [5.74, 6) is -0.513. The highest BCUT2D eigenvalue weighted by atomic mass is 35.5. The maximum atomic E-state index is 12.1. The van der Waals surface area contributed by atoms with Gasteiger partial charge < -0.3 is 9.42 Å². The fourth-order valence-electron chi connectivity index (χ4n) is 1.03. The second-order valence-corrected chi connectivity index (χ2v) is 3.09. The molecule has 84 valence electrons. The number of carbonyl (C=O) groups excluding carboxylic acids is 1. The first-order valence-electron chi connectivity index (χ1n) is 4.19. The van der Waals surface area contributed by atoms with Crippen LogP contribution in [0.25, 0.3) is 0 Å². The van der Waals surface area contributed by atoms with E-state index in [1.165, 1.54) is 12.3 Å². The third kappa shape index (κ3) is 3.47. The Bertz CT molecular complexity index is 306. The predicted molar refractivity (Wildman–Crippen MR) is 49.1 cm³/mol. The summed E-state index contributed by atoms with van der Waals surface area (Å²) in [6, 6.07) is 1.31. The SMILES string of the molecule is O=C(c1ccon1)N(CCCl)CC(F)F. The van der Waals surface area contributed by atoms with Crippen LogP contribution in [0, 0.1) is 0 Å². The van der Waals surface area contributed by atoms with E-state index in [-0.39, 0.29) is 18.1 Å². The average molecular weight is 239 g/mol. The van der Waals surface area contributed by atoms with Gasteiger partial charge in [0.1, 0.15) is 6.26 Å². The number of alkyl halides is 3. The van der Waals surface area contributed by atoms with Crippen LogP contribution >= 0.6 is 11.6 Å². The molecular formula is C8H9ClF2N2O2. The summed E-state index contributed by atoms with van der Waals surface area (Å²) in [6.45, 7) is -0.601. The van der Waals surface area contributed by atoms with Crippen molar-refractivity contribution < 1.29 is 18.1 Å². The van der Waals surface area contributed by atoms with E-state index in [0.717, 1.165) is 4.90 Å². The molecule has 0 radical (unpaired) electrons. The largest absolute Gasteiger partial charge is 0.364 e. The van der Waals surface area contributed by atoms with Crippen molar-refractivity contribution in [1.29, 1.82) is 0 Å². The fraction of sp³-hybridized carbons (Fsp3) is 0.500.